The van der Waals surface area contributed by atoms with Crippen LogP contribution in [0.25, 0.3) is 0 Å². The van der Waals surface area contributed by atoms with Crippen molar-refractivity contribution in [2.24, 2.45) is 0 Å². The van der Waals surface area contributed by atoms with Crippen molar-refractivity contribution in [3.05, 3.63) is 0 Å². The number of hydrogen-bond acceptors (Lipinski definition) is 7. The van der Waals surface area contributed by atoms with Gasteiger partial charge in [0.05, 0.1) is 22.4 Å². The molecule has 0 aliphatic carbocycles. The standard InChI is InChI=1S/C7H12O2S5/c8-1-3-11-5-6(12-4-2-9)14-7(10)13-5/h5-6,8-9H,1-4H2/t5-,6-/m0/s1. The summed E-state index contributed by atoms with van der Waals surface area (Å²) in [4.78, 5) is 0. The van der Waals surface area contributed by atoms with Gasteiger partial charge in [0.2, 0.25) is 0 Å². The van der Waals surface area contributed by atoms with Crippen molar-refractivity contribution in [2.75, 3.05) is 24.7 Å². The number of thioether (sulfide) groups is 4. The van der Waals surface area contributed by atoms with Crippen molar-refractivity contribution >= 4 is 62.8 Å². The van der Waals surface area contributed by atoms with Crippen LogP contribution in [-0.2, 0) is 0 Å². The van der Waals surface area contributed by atoms with Crippen molar-refractivity contribution < 1.29 is 10.2 Å². The molecule has 0 aromatic rings. The normalized spacial score (nSPS) is 27.1. The first-order chi connectivity index (χ1) is 6.77. The van der Waals surface area contributed by atoms with E-state index in [1.165, 1.54) is 0 Å². The Hall–Kier alpha value is 1.41. The van der Waals surface area contributed by atoms with Crippen molar-refractivity contribution in [3.63, 3.8) is 0 Å². The van der Waals surface area contributed by atoms with Crippen molar-refractivity contribution in [1.29, 1.82) is 0 Å². The summed E-state index contributed by atoms with van der Waals surface area (Å²) in [6, 6.07) is 0. The molecular weight excluding hydrogens is 276 g/mol. The van der Waals surface area contributed by atoms with Gasteiger partial charge >= 0.3 is 0 Å². The molecule has 0 aromatic heterocycles. The lowest BCUT2D eigenvalue weighted by Crippen LogP contribution is -2.10. The molecule has 2 nitrogen and oxygen atoms in total. The predicted molar refractivity (Wildman–Crippen MR) is 74.4 cm³/mol. The third-order valence-corrected chi connectivity index (χ3v) is 8.06. The molecule has 0 saturated carbocycles. The largest absolute Gasteiger partial charge is 0.396 e. The summed E-state index contributed by atoms with van der Waals surface area (Å²) < 4.78 is 1.84. The highest BCUT2D eigenvalue weighted by Crippen LogP contribution is 2.49. The molecule has 2 N–H and O–H groups in total. The second-order valence-corrected chi connectivity index (χ2v) is 8.99. The first kappa shape index (κ1) is 13.5. The Kier molecular flexibility index (Phi) is 7.36. The van der Waals surface area contributed by atoms with Gasteiger partial charge in [0.1, 0.15) is 3.53 Å². The van der Waals surface area contributed by atoms with E-state index in [4.69, 9.17) is 22.4 Å². The lowest BCUT2D eigenvalue weighted by Gasteiger charge is -2.14. The zero-order valence-corrected chi connectivity index (χ0v) is 11.5. The molecule has 1 aliphatic rings. The fourth-order valence-corrected chi connectivity index (χ4v) is 7.99. The zero-order chi connectivity index (χ0) is 10.4. The quantitative estimate of drug-likeness (QED) is 0.723. The van der Waals surface area contributed by atoms with Gasteiger partial charge in [-0.1, -0.05) is 35.7 Å². The van der Waals surface area contributed by atoms with Crippen LogP contribution >= 0.6 is 59.3 Å². The van der Waals surface area contributed by atoms with Gasteiger partial charge in [-0.3, -0.25) is 0 Å². The molecule has 0 unspecified atom stereocenters. The molecule has 0 spiro atoms. The average Bonchev–Trinajstić information content (AvgIpc) is 2.52. The molecule has 82 valence electrons. The Morgan fingerprint density at radius 2 is 1.50 bits per heavy atom. The highest BCUT2D eigenvalue weighted by molar-refractivity contribution is 8.54. The maximum atomic E-state index is 8.74. The number of aliphatic hydroxyl groups excluding tert-OH is 2. The SMILES string of the molecule is OCCS[C@H]1SC(=S)S[C@@H]1SCCO. The van der Waals surface area contributed by atoms with Gasteiger partial charge in [0, 0.05) is 11.5 Å². The molecule has 2 atom stereocenters. The minimum absolute atomic E-state index is 0.219. The number of rotatable bonds is 6. The van der Waals surface area contributed by atoms with Crippen LogP contribution in [0.3, 0.4) is 0 Å². The van der Waals surface area contributed by atoms with Crippen LogP contribution in [0.15, 0.2) is 0 Å². The topological polar surface area (TPSA) is 40.5 Å². The molecule has 0 bridgehead atoms. The van der Waals surface area contributed by atoms with E-state index in [-0.39, 0.29) is 13.2 Å². The summed E-state index contributed by atoms with van der Waals surface area (Å²) in [5.41, 5.74) is 0. The van der Waals surface area contributed by atoms with Crippen LogP contribution in [0.2, 0.25) is 0 Å². The van der Waals surface area contributed by atoms with Gasteiger partial charge in [-0.2, -0.15) is 0 Å². The van der Waals surface area contributed by atoms with Crippen LogP contribution in [0.5, 0.6) is 0 Å². The molecule has 0 radical (unpaired) electrons. The molecule has 1 fully saturated rings. The van der Waals surface area contributed by atoms with E-state index >= 15 is 0 Å². The summed E-state index contributed by atoms with van der Waals surface area (Å²) in [5.74, 6) is 1.52. The van der Waals surface area contributed by atoms with Crippen LogP contribution < -0.4 is 0 Å². The summed E-state index contributed by atoms with van der Waals surface area (Å²) in [6.45, 7) is 0.438. The second-order valence-electron chi connectivity index (χ2n) is 2.41. The first-order valence-electron chi connectivity index (χ1n) is 4.10. The summed E-state index contributed by atoms with van der Waals surface area (Å²) in [7, 11) is 0. The van der Waals surface area contributed by atoms with E-state index in [0.717, 1.165) is 15.0 Å². The van der Waals surface area contributed by atoms with Gasteiger partial charge in [-0.15, -0.1) is 23.5 Å². The maximum Gasteiger partial charge on any atom is 0.106 e. The van der Waals surface area contributed by atoms with E-state index in [2.05, 4.69) is 0 Å². The van der Waals surface area contributed by atoms with Gasteiger partial charge in [-0.05, 0) is 0 Å². The highest BCUT2D eigenvalue weighted by Gasteiger charge is 2.32. The van der Waals surface area contributed by atoms with E-state index in [0.29, 0.717) is 9.16 Å². The van der Waals surface area contributed by atoms with Gasteiger partial charge in [0.25, 0.3) is 0 Å². The van der Waals surface area contributed by atoms with E-state index < -0.39 is 0 Å². The average molecular weight is 289 g/mol. The summed E-state index contributed by atoms with van der Waals surface area (Å²) in [6.07, 6.45) is 0. The predicted octanol–water partition coefficient (Wildman–Crippen LogP) is 1.85. The molecule has 1 heterocycles. The Bertz CT molecular complexity index is 171. The summed E-state index contributed by atoms with van der Waals surface area (Å²) >= 11 is 12.1. The fraction of sp³-hybridized carbons (Fsp3) is 0.857. The van der Waals surface area contributed by atoms with Crippen molar-refractivity contribution in [2.45, 2.75) is 9.16 Å². The maximum absolute atomic E-state index is 8.74. The van der Waals surface area contributed by atoms with Crippen LogP contribution in [0.4, 0.5) is 0 Å². The Morgan fingerprint density at radius 1 is 1.07 bits per heavy atom. The highest BCUT2D eigenvalue weighted by atomic mass is 32.3. The molecule has 0 amide bonds. The molecular formula is C7H12O2S5. The van der Waals surface area contributed by atoms with Gasteiger partial charge in [0.15, 0.2) is 0 Å². The molecule has 1 saturated heterocycles. The molecule has 14 heavy (non-hydrogen) atoms. The minimum Gasteiger partial charge on any atom is -0.396 e. The van der Waals surface area contributed by atoms with Crippen LogP contribution in [0.1, 0.15) is 0 Å². The number of hydrogen-bond donors (Lipinski definition) is 2. The second kappa shape index (κ2) is 7.65. The molecule has 1 aliphatic heterocycles. The monoisotopic (exact) mass is 288 g/mol. The molecule has 7 heteroatoms. The van der Waals surface area contributed by atoms with E-state index in [1.807, 2.05) is 0 Å². The van der Waals surface area contributed by atoms with Crippen LogP contribution in [-0.4, -0.2) is 47.6 Å². The fourth-order valence-electron chi connectivity index (χ4n) is 0.891. The van der Waals surface area contributed by atoms with Gasteiger partial charge in [-0.25, -0.2) is 0 Å². The first-order valence-corrected chi connectivity index (χ1v) is 8.36. The summed E-state index contributed by atoms with van der Waals surface area (Å²) in [5, 5.41) is 17.5. The number of aliphatic hydroxyl groups is 2. The minimum atomic E-state index is 0.219. The third kappa shape index (κ3) is 4.51. The third-order valence-electron chi connectivity index (χ3n) is 1.39. The zero-order valence-electron chi connectivity index (χ0n) is 7.42. The molecule has 1 rings (SSSR count). The number of thiocarbonyl (C=S) groups is 1. The Balaban J connectivity index is 2.33. The molecule has 0 aromatic carbocycles. The van der Waals surface area contributed by atoms with Gasteiger partial charge < -0.3 is 10.2 Å². The Labute approximate surface area is 106 Å². The lowest BCUT2D eigenvalue weighted by atomic mass is 10.9. The van der Waals surface area contributed by atoms with Crippen molar-refractivity contribution in [3.8, 4) is 0 Å². The van der Waals surface area contributed by atoms with E-state index in [1.54, 1.807) is 47.0 Å². The van der Waals surface area contributed by atoms with E-state index in [9.17, 15) is 0 Å². The van der Waals surface area contributed by atoms with Crippen molar-refractivity contribution in [1.82, 2.24) is 0 Å². The lowest BCUT2D eigenvalue weighted by molar-refractivity contribution is 0.322. The smallest absolute Gasteiger partial charge is 0.106 e. The Morgan fingerprint density at radius 3 is 1.86 bits per heavy atom. The van der Waals surface area contributed by atoms with Crippen LogP contribution in [0, 0.1) is 0 Å².